The van der Waals surface area contributed by atoms with Crippen LogP contribution in [0.2, 0.25) is 5.02 Å². The second-order valence-electron chi connectivity index (χ2n) is 6.65. The number of benzene rings is 3. The van der Waals surface area contributed by atoms with Crippen molar-refractivity contribution in [2.45, 2.75) is 11.7 Å². The summed E-state index contributed by atoms with van der Waals surface area (Å²) in [4.78, 5) is 29.0. The topological polar surface area (TPSA) is 79.8 Å². The smallest absolute Gasteiger partial charge is 0.240 e. The van der Waals surface area contributed by atoms with E-state index >= 15 is 0 Å². The highest BCUT2D eigenvalue weighted by atomic mass is 35.5. The second-order valence-corrected chi connectivity index (χ2v) is 8.25. The summed E-state index contributed by atoms with van der Waals surface area (Å²) in [6.45, 7) is 0. The van der Waals surface area contributed by atoms with E-state index in [-0.39, 0.29) is 18.2 Å². The summed E-state index contributed by atoms with van der Waals surface area (Å²) >= 11 is 7.28. The maximum absolute atomic E-state index is 12.3. The molecule has 4 rings (SSSR count). The Kier molecular flexibility index (Phi) is 6.54. The quantitative estimate of drug-likeness (QED) is 0.527. The molecule has 0 spiro atoms. The van der Waals surface area contributed by atoms with Gasteiger partial charge in [-0.05, 0) is 48.5 Å². The monoisotopic (exact) mass is 451 g/mol. The van der Waals surface area contributed by atoms with E-state index in [4.69, 9.17) is 16.3 Å². The van der Waals surface area contributed by atoms with Crippen LogP contribution in [0.3, 0.4) is 0 Å². The largest absolute Gasteiger partial charge is 0.457 e. The number of hydrogen-bond acceptors (Lipinski definition) is 5. The molecule has 1 aliphatic heterocycles. The maximum atomic E-state index is 12.3. The van der Waals surface area contributed by atoms with Gasteiger partial charge >= 0.3 is 0 Å². The summed E-state index contributed by atoms with van der Waals surface area (Å²) < 4.78 is 5.76. The molecular formula is C23H18ClN3O3S. The first-order chi connectivity index (χ1) is 15.1. The number of amides is 2. The Labute approximate surface area is 188 Å². The van der Waals surface area contributed by atoms with Gasteiger partial charge in [0.15, 0.2) is 5.17 Å². The van der Waals surface area contributed by atoms with Gasteiger partial charge in [-0.3, -0.25) is 9.59 Å². The molecule has 0 unspecified atom stereocenters. The molecule has 2 amide bonds. The van der Waals surface area contributed by atoms with Gasteiger partial charge in [0.05, 0.1) is 16.4 Å². The van der Waals surface area contributed by atoms with E-state index in [9.17, 15) is 9.59 Å². The Bertz CT molecular complexity index is 1120. The van der Waals surface area contributed by atoms with Crippen molar-refractivity contribution in [1.29, 1.82) is 0 Å². The van der Waals surface area contributed by atoms with Gasteiger partial charge in [-0.2, -0.15) is 0 Å². The molecule has 0 saturated carbocycles. The van der Waals surface area contributed by atoms with Crippen LogP contribution in [-0.2, 0) is 9.59 Å². The van der Waals surface area contributed by atoms with Gasteiger partial charge < -0.3 is 15.4 Å². The summed E-state index contributed by atoms with van der Waals surface area (Å²) in [5.74, 6) is 0.900. The van der Waals surface area contributed by atoms with Crippen LogP contribution in [0, 0.1) is 0 Å². The number of nitrogens with zero attached hydrogens (tertiary/aromatic N) is 1. The SMILES string of the molecule is O=C(C[C@H]1SC(=Nc2ccc(Oc3ccccc3)cc2)NC1=O)Nc1ccccc1Cl. The van der Waals surface area contributed by atoms with E-state index in [1.807, 2.05) is 42.5 Å². The van der Waals surface area contributed by atoms with Crippen molar-refractivity contribution in [3.05, 3.63) is 83.9 Å². The van der Waals surface area contributed by atoms with Crippen molar-refractivity contribution in [3.8, 4) is 11.5 Å². The molecule has 0 bridgehead atoms. The first kappa shape index (κ1) is 21.0. The predicted molar refractivity (Wildman–Crippen MR) is 124 cm³/mol. The van der Waals surface area contributed by atoms with Crippen LogP contribution >= 0.6 is 23.4 Å². The molecule has 3 aromatic rings. The third-order valence-corrected chi connectivity index (χ3v) is 5.75. The van der Waals surface area contributed by atoms with Crippen LogP contribution in [-0.4, -0.2) is 22.2 Å². The highest BCUT2D eigenvalue weighted by Gasteiger charge is 2.32. The third kappa shape index (κ3) is 5.65. The minimum Gasteiger partial charge on any atom is -0.457 e. The van der Waals surface area contributed by atoms with Gasteiger partial charge in [-0.15, -0.1) is 0 Å². The number of carbonyl (C=O) groups is 2. The Morgan fingerprint density at radius 2 is 1.68 bits per heavy atom. The van der Waals surface area contributed by atoms with Crippen molar-refractivity contribution in [3.63, 3.8) is 0 Å². The fourth-order valence-corrected chi connectivity index (χ4v) is 4.03. The van der Waals surface area contributed by atoms with Crippen LogP contribution in [0.4, 0.5) is 11.4 Å². The molecular weight excluding hydrogens is 434 g/mol. The predicted octanol–water partition coefficient (Wildman–Crippen LogP) is 5.38. The molecule has 0 radical (unpaired) electrons. The number of nitrogens with one attached hydrogen (secondary N) is 2. The van der Waals surface area contributed by atoms with E-state index < -0.39 is 5.25 Å². The van der Waals surface area contributed by atoms with Crippen LogP contribution in [0.5, 0.6) is 11.5 Å². The highest BCUT2D eigenvalue weighted by Crippen LogP contribution is 2.28. The summed E-state index contributed by atoms with van der Waals surface area (Å²) in [5.41, 5.74) is 1.19. The number of amidine groups is 1. The number of rotatable bonds is 6. The average molecular weight is 452 g/mol. The summed E-state index contributed by atoms with van der Waals surface area (Å²) in [6.07, 6.45) is 0.0184. The van der Waals surface area contributed by atoms with Gasteiger partial charge in [0, 0.05) is 6.42 Å². The Hall–Kier alpha value is -3.29. The molecule has 1 heterocycles. The fraction of sp³-hybridized carbons (Fsp3) is 0.0870. The van der Waals surface area contributed by atoms with Crippen LogP contribution in [0.25, 0.3) is 0 Å². The summed E-state index contributed by atoms with van der Waals surface area (Å²) in [5, 5.41) is 5.80. The molecule has 0 aromatic heterocycles. The maximum Gasteiger partial charge on any atom is 0.240 e. The molecule has 6 nitrogen and oxygen atoms in total. The molecule has 1 aliphatic rings. The van der Waals surface area contributed by atoms with Crippen molar-refractivity contribution in [1.82, 2.24) is 5.32 Å². The summed E-state index contributed by atoms with van der Waals surface area (Å²) in [7, 11) is 0. The minimum atomic E-state index is -0.554. The number of ether oxygens (including phenoxy) is 1. The standard InChI is InChI=1S/C23H18ClN3O3S/c24-18-8-4-5-9-19(18)26-21(28)14-20-22(29)27-23(31-20)25-15-10-12-17(13-11-15)30-16-6-2-1-3-7-16/h1-13,20H,14H2,(H,26,28)(H,25,27,29)/t20-/m1/s1. The number of hydrogen-bond donors (Lipinski definition) is 2. The zero-order valence-electron chi connectivity index (χ0n) is 16.2. The molecule has 3 aromatic carbocycles. The Balaban J connectivity index is 1.35. The van der Waals surface area contributed by atoms with E-state index in [0.717, 1.165) is 5.75 Å². The van der Waals surface area contributed by atoms with Crippen molar-refractivity contribution < 1.29 is 14.3 Å². The van der Waals surface area contributed by atoms with Crippen molar-refractivity contribution in [2.75, 3.05) is 5.32 Å². The van der Waals surface area contributed by atoms with Crippen LogP contribution < -0.4 is 15.4 Å². The molecule has 2 N–H and O–H groups in total. The van der Waals surface area contributed by atoms with Gasteiger partial charge in [0.2, 0.25) is 11.8 Å². The molecule has 8 heteroatoms. The number of para-hydroxylation sites is 2. The van der Waals surface area contributed by atoms with Crippen molar-refractivity contribution in [2.24, 2.45) is 4.99 Å². The number of thioether (sulfide) groups is 1. The highest BCUT2D eigenvalue weighted by molar-refractivity contribution is 8.15. The van der Waals surface area contributed by atoms with Gasteiger partial charge in [-0.1, -0.05) is 53.7 Å². The third-order valence-electron chi connectivity index (χ3n) is 4.34. The van der Waals surface area contributed by atoms with E-state index in [2.05, 4.69) is 15.6 Å². The lowest BCUT2D eigenvalue weighted by Gasteiger charge is -2.08. The molecule has 0 aliphatic carbocycles. The fourth-order valence-electron chi connectivity index (χ4n) is 2.86. The Morgan fingerprint density at radius 1 is 1.00 bits per heavy atom. The molecule has 156 valence electrons. The van der Waals surface area contributed by atoms with E-state index in [1.165, 1.54) is 11.8 Å². The van der Waals surface area contributed by atoms with Crippen LogP contribution in [0.1, 0.15) is 6.42 Å². The van der Waals surface area contributed by atoms with Gasteiger partial charge in [0.25, 0.3) is 0 Å². The van der Waals surface area contributed by atoms with E-state index in [0.29, 0.717) is 27.3 Å². The number of anilines is 1. The first-order valence-electron chi connectivity index (χ1n) is 9.50. The number of aliphatic imine (C=N–C) groups is 1. The lowest BCUT2D eigenvalue weighted by Crippen LogP contribution is -2.28. The van der Waals surface area contributed by atoms with Gasteiger partial charge in [-0.25, -0.2) is 4.99 Å². The lowest BCUT2D eigenvalue weighted by atomic mass is 10.2. The average Bonchev–Trinajstić information content (AvgIpc) is 3.10. The number of carbonyl (C=O) groups excluding carboxylic acids is 2. The molecule has 1 atom stereocenters. The zero-order chi connectivity index (χ0) is 21.6. The molecule has 31 heavy (non-hydrogen) atoms. The molecule has 1 saturated heterocycles. The van der Waals surface area contributed by atoms with Crippen LogP contribution in [0.15, 0.2) is 83.9 Å². The number of halogens is 1. The second kappa shape index (κ2) is 9.68. The normalized spacial score (nSPS) is 16.7. The zero-order valence-corrected chi connectivity index (χ0v) is 17.8. The van der Waals surface area contributed by atoms with Gasteiger partial charge in [0.1, 0.15) is 16.7 Å². The molecule has 1 fully saturated rings. The van der Waals surface area contributed by atoms with E-state index in [1.54, 1.807) is 36.4 Å². The van der Waals surface area contributed by atoms with Crippen molar-refractivity contribution >= 4 is 51.7 Å². The summed E-state index contributed by atoms with van der Waals surface area (Å²) in [6, 6.07) is 23.7. The minimum absolute atomic E-state index is 0.0184. The first-order valence-corrected chi connectivity index (χ1v) is 10.8. The Morgan fingerprint density at radius 3 is 2.42 bits per heavy atom. The lowest BCUT2D eigenvalue weighted by molar-refractivity contribution is -0.122.